The van der Waals surface area contributed by atoms with E-state index in [-0.39, 0.29) is 11.8 Å². The second kappa shape index (κ2) is 7.36. The van der Waals surface area contributed by atoms with Gasteiger partial charge in [-0.1, -0.05) is 35.4 Å². The molecule has 3 rings (SSSR count). The lowest BCUT2D eigenvalue weighted by atomic mass is 9.84. The predicted molar refractivity (Wildman–Crippen MR) is 122 cm³/mol. The van der Waals surface area contributed by atoms with Crippen LogP contribution in [0.15, 0.2) is 24.3 Å². The highest BCUT2D eigenvalue weighted by Crippen LogP contribution is 2.36. The number of benzene rings is 2. The Balaban J connectivity index is 2.12. The minimum absolute atomic E-state index is 0.137. The van der Waals surface area contributed by atoms with Crippen LogP contribution in [0.25, 0.3) is 0 Å². The number of carbonyl (C=O) groups is 2. The summed E-state index contributed by atoms with van der Waals surface area (Å²) in [7, 11) is 0.478. The number of carbonyl (C=O) groups excluding carboxylic acids is 2. The molecular formula is C24H31BN2O2. The van der Waals surface area contributed by atoms with Gasteiger partial charge < -0.3 is 9.71 Å². The maximum Gasteiger partial charge on any atom is 0.266 e. The van der Waals surface area contributed by atoms with Gasteiger partial charge in [0.25, 0.3) is 7.41 Å². The van der Waals surface area contributed by atoms with Crippen molar-refractivity contribution in [3.05, 3.63) is 57.6 Å². The van der Waals surface area contributed by atoms with Crippen molar-refractivity contribution in [3.63, 3.8) is 0 Å². The van der Waals surface area contributed by atoms with Crippen molar-refractivity contribution >= 4 is 30.6 Å². The fourth-order valence-corrected chi connectivity index (χ4v) is 4.79. The Morgan fingerprint density at radius 1 is 0.724 bits per heavy atom. The van der Waals surface area contributed by atoms with Crippen LogP contribution in [0.2, 0.25) is 0 Å². The standard InChI is InChI=1S/C24H31BN2O2/c1-14-9-16(3)20(17(4)10-14)26-13-25-27(23(29)24(7,8)22(26)28)21-18(5)11-15(2)12-19(21)6/h9-12,25H,13H2,1-8H3. The number of amides is 2. The van der Waals surface area contributed by atoms with E-state index in [2.05, 4.69) is 38.1 Å². The van der Waals surface area contributed by atoms with Gasteiger partial charge in [0, 0.05) is 17.8 Å². The van der Waals surface area contributed by atoms with E-state index in [0.29, 0.717) is 13.9 Å². The Kier molecular flexibility index (Phi) is 5.37. The van der Waals surface area contributed by atoms with E-state index >= 15 is 0 Å². The molecule has 1 aliphatic heterocycles. The molecule has 5 heteroatoms. The number of nitrogens with zero attached hydrogens (tertiary/aromatic N) is 2. The van der Waals surface area contributed by atoms with E-state index in [1.165, 1.54) is 11.1 Å². The molecule has 2 aromatic rings. The second-order valence-corrected chi connectivity index (χ2v) is 9.03. The summed E-state index contributed by atoms with van der Waals surface area (Å²) >= 11 is 0. The molecule has 29 heavy (non-hydrogen) atoms. The Labute approximate surface area is 175 Å². The summed E-state index contributed by atoms with van der Waals surface area (Å²) in [6, 6.07) is 8.39. The predicted octanol–water partition coefficient (Wildman–Crippen LogP) is 4.25. The van der Waals surface area contributed by atoms with Gasteiger partial charge in [-0.15, -0.1) is 0 Å². The van der Waals surface area contributed by atoms with E-state index in [0.717, 1.165) is 33.6 Å². The highest BCUT2D eigenvalue weighted by Gasteiger charge is 2.46. The Hall–Kier alpha value is -2.56. The van der Waals surface area contributed by atoms with Crippen molar-refractivity contribution in [1.29, 1.82) is 0 Å². The van der Waals surface area contributed by atoms with E-state index in [9.17, 15) is 9.59 Å². The van der Waals surface area contributed by atoms with Crippen molar-refractivity contribution in [3.8, 4) is 0 Å². The molecule has 0 aliphatic carbocycles. The molecule has 1 fully saturated rings. The van der Waals surface area contributed by atoms with Crippen LogP contribution in [0.1, 0.15) is 47.2 Å². The summed E-state index contributed by atoms with van der Waals surface area (Å²) in [6.45, 7) is 15.8. The Morgan fingerprint density at radius 2 is 1.14 bits per heavy atom. The average Bonchev–Trinajstić information content (AvgIpc) is 2.66. The van der Waals surface area contributed by atoms with Crippen LogP contribution in [-0.4, -0.2) is 25.7 Å². The van der Waals surface area contributed by atoms with Gasteiger partial charge in [-0.2, -0.15) is 0 Å². The topological polar surface area (TPSA) is 40.6 Å². The van der Waals surface area contributed by atoms with Crippen LogP contribution in [0.5, 0.6) is 0 Å². The third-order valence-electron chi connectivity index (χ3n) is 5.92. The lowest BCUT2D eigenvalue weighted by molar-refractivity contribution is -0.137. The normalized spacial score (nSPS) is 16.7. The van der Waals surface area contributed by atoms with Gasteiger partial charge in [-0.05, 0) is 77.6 Å². The van der Waals surface area contributed by atoms with Crippen molar-refractivity contribution in [2.75, 3.05) is 16.2 Å². The van der Waals surface area contributed by atoms with E-state index in [1.54, 1.807) is 13.8 Å². The first-order valence-corrected chi connectivity index (χ1v) is 10.2. The van der Waals surface area contributed by atoms with Crippen LogP contribution < -0.4 is 9.71 Å². The summed E-state index contributed by atoms with van der Waals surface area (Å²) in [6.07, 6.45) is 0.478. The highest BCUT2D eigenvalue weighted by molar-refractivity contribution is 6.53. The van der Waals surface area contributed by atoms with Crippen LogP contribution >= 0.6 is 0 Å². The summed E-state index contributed by atoms with van der Waals surface area (Å²) in [5.74, 6) is -0.273. The van der Waals surface area contributed by atoms with Gasteiger partial charge in [0.2, 0.25) is 11.8 Å². The summed E-state index contributed by atoms with van der Waals surface area (Å²) in [5, 5.41) is 0. The van der Waals surface area contributed by atoms with Gasteiger partial charge in [0.05, 0.1) is 0 Å². The molecule has 1 aliphatic rings. The van der Waals surface area contributed by atoms with Gasteiger partial charge >= 0.3 is 0 Å². The van der Waals surface area contributed by atoms with Crippen molar-refractivity contribution in [2.24, 2.45) is 5.41 Å². The Morgan fingerprint density at radius 3 is 1.59 bits per heavy atom. The fraction of sp³-hybridized carbons (Fsp3) is 0.417. The molecule has 152 valence electrons. The molecule has 0 saturated carbocycles. The fourth-order valence-electron chi connectivity index (χ4n) is 4.79. The van der Waals surface area contributed by atoms with Crippen molar-refractivity contribution in [2.45, 2.75) is 55.4 Å². The van der Waals surface area contributed by atoms with Gasteiger partial charge in [-0.25, -0.2) is 0 Å². The monoisotopic (exact) mass is 390 g/mol. The number of aryl methyl sites for hydroxylation is 6. The van der Waals surface area contributed by atoms with Crippen LogP contribution in [0, 0.1) is 47.0 Å². The molecule has 0 aromatic heterocycles. The van der Waals surface area contributed by atoms with Crippen LogP contribution in [-0.2, 0) is 9.59 Å². The third kappa shape index (κ3) is 3.59. The maximum absolute atomic E-state index is 13.5. The zero-order valence-corrected chi connectivity index (χ0v) is 18.9. The highest BCUT2D eigenvalue weighted by atomic mass is 16.2. The first-order chi connectivity index (χ1) is 13.4. The van der Waals surface area contributed by atoms with Gasteiger partial charge in [-0.3, -0.25) is 9.59 Å². The lowest BCUT2D eigenvalue weighted by Crippen LogP contribution is -2.47. The van der Waals surface area contributed by atoms with Crippen LogP contribution in [0.4, 0.5) is 11.4 Å². The molecule has 2 aromatic carbocycles. The largest absolute Gasteiger partial charge is 0.358 e. The third-order valence-corrected chi connectivity index (χ3v) is 5.92. The number of hydrogen-bond acceptors (Lipinski definition) is 2. The van der Waals surface area contributed by atoms with Crippen molar-refractivity contribution in [1.82, 2.24) is 0 Å². The van der Waals surface area contributed by atoms with Crippen LogP contribution in [0.3, 0.4) is 0 Å². The molecule has 0 spiro atoms. The first-order valence-electron chi connectivity index (χ1n) is 10.2. The zero-order valence-electron chi connectivity index (χ0n) is 18.9. The van der Waals surface area contributed by atoms with E-state index in [4.69, 9.17) is 0 Å². The van der Waals surface area contributed by atoms with E-state index < -0.39 is 5.41 Å². The second-order valence-electron chi connectivity index (χ2n) is 9.03. The Bertz CT molecular complexity index is 884. The van der Waals surface area contributed by atoms with Gasteiger partial charge in [0.1, 0.15) is 5.41 Å². The molecule has 0 N–H and O–H groups in total. The zero-order chi connectivity index (χ0) is 21.7. The quantitative estimate of drug-likeness (QED) is 0.568. The van der Waals surface area contributed by atoms with E-state index in [1.807, 2.05) is 37.4 Å². The SMILES string of the molecule is Cc1cc(C)c(N2BCN(c3c(C)cc(C)cc3C)C(=O)C(C)(C)C2=O)c(C)c1. The molecule has 1 saturated heterocycles. The number of anilines is 2. The molecular weight excluding hydrogens is 359 g/mol. The molecule has 0 bridgehead atoms. The smallest absolute Gasteiger partial charge is 0.266 e. The van der Waals surface area contributed by atoms with Crippen molar-refractivity contribution < 1.29 is 9.59 Å². The molecule has 0 unspecified atom stereocenters. The number of rotatable bonds is 2. The molecule has 0 radical (unpaired) electrons. The maximum atomic E-state index is 13.5. The molecule has 2 amide bonds. The molecule has 1 heterocycles. The number of hydrogen-bond donors (Lipinski definition) is 0. The summed E-state index contributed by atoms with van der Waals surface area (Å²) in [5.41, 5.74) is 7.34. The minimum Gasteiger partial charge on any atom is -0.358 e. The van der Waals surface area contributed by atoms with Gasteiger partial charge in [0.15, 0.2) is 0 Å². The summed E-state index contributed by atoms with van der Waals surface area (Å²) < 4.78 is 0. The first kappa shape index (κ1) is 21.2. The molecule has 0 atom stereocenters. The minimum atomic E-state index is -1.13. The lowest BCUT2D eigenvalue weighted by Gasteiger charge is -2.31. The summed E-state index contributed by atoms with van der Waals surface area (Å²) in [4.78, 5) is 30.7. The average molecular weight is 390 g/mol. The molecule has 4 nitrogen and oxygen atoms in total.